The predicted octanol–water partition coefficient (Wildman–Crippen LogP) is 3.31. The van der Waals surface area contributed by atoms with E-state index in [0.29, 0.717) is 23.3 Å². The first kappa shape index (κ1) is 10.1. The smallest absolute Gasteiger partial charge is 0.175 e. The number of halogens is 2. The van der Waals surface area contributed by atoms with E-state index in [1.807, 2.05) is 0 Å². The first-order chi connectivity index (χ1) is 5.52. The molecule has 0 aliphatic heterocycles. The van der Waals surface area contributed by atoms with Gasteiger partial charge in [-0.1, -0.05) is 37.0 Å². The molecule has 0 saturated heterocycles. The SMILES string of the molecule is CC(C)C1CC(=O)C(Cl)=C(Cl)C1. The predicted molar refractivity (Wildman–Crippen MR) is 51.3 cm³/mol. The van der Waals surface area contributed by atoms with Crippen LogP contribution in [0.5, 0.6) is 0 Å². The Labute approximate surface area is 82.7 Å². The molecule has 0 heterocycles. The van der Waals surface area contributed by atoms with Crippen LogP contribution in [-0.4, -0.2) is 5.78 Å². The van der Waals surface area contributed by atoms with Gasteiger partial charge in [-0.15, -0.1) is 0 Å². The van der Waals surface area contributed by atoms with Crippen molar-refractivity contribution in [3.05, 3.63) is 10.1 Å². The van der Waals surface area contributed by atoms with Crippen LogP contribution in [0, 0.1) is 11.8 Å². The number of allylic oxidation sites excluding steroid dienone is 2. The molecule has 12 heavy (non-hydrogen) atoms. The summed E-state index contributed by atoms with van der Waals surface area (Å²) in [5.74, 6) is 0.853. The van der Waals surface area contributed by atoms with Crippen molar-refractivity contribution < 1.29 is 4.79 Å². The van der Waals surface area contributed by atoms with Gasteiger partial charge in [-0.25, -0.2) is 0 Å². The molecule has 0 fully saturated rings. The van der Waals surface area contributed by atoms with Crippen molar-refractivity contribution >= 4 is 29.0 Å². The number of carbonyl (C=O) groups excluding carboxylic acids is 1. The lowest BCUT2D eigenvalue weighted by Crippen LogP contribution is -2.19. The highest BCUT2D eigenvalue weighted by Crippen LogP contribution is 2.35. The summed E-state index contributed by atoms with van der Waals surface area (Å²) in [5.41, 5.74) is 0. The van der Waals surface area contributed by atoms with E-state index in [1.165, 1.54) is 0 Å². The summed E-state index contributed by atoms with van der Waals surface area (Å²) in [6.07, 6.45) is 1.30. The van der Waals surface area contributed by atoms with Crippen LogP contribution in [0.1, 0.15) is 26.7 Å². The van der Waals surface area contributed by atoms with Gasteiger partial charge in [0.2, 0.25) is 0 Å². The lowest BCUT2D eigenvalue weighted by atomic mass is 9.84. The highest BCUT2D eigenvalue weighted by molar-refractivity contribution is 6.48. The van der Waals surface area contributed by atoms with Crippen molar-refractivity contribution in [1.82, 2.24) is 0 Å². The topological polar surface area (TPSA) is 17.1 Å². The molecular weight excluding hydrogens is 195 g/mol. The minimum Gasteiger partial charge on any atom is -0.293 e. The van der Waals surface area contributed by atoms with Crippen LogP contribution in [0.3, 0.4) is 0 Å². The zero-order chi connectivity index (χ0) is 9.30. The molecule has 0 saturated carbocycles. The van der Waals surface area contributed by atoms with Gasteiger partial charge in [-0.3, -0.25) is 4.79 Å². The van der Waals surface area contributed by atoms with Crippen LogP contribution >= 0.6 is 23.2 Å². The molecule has 1 rings (SSSR count). The molecule has 68 valence electrons. The highest BCUT2D eigenvalue weighted by Gasteiger charge is 2.27. The Bertz CT molecular complexity index is 231. The van der Waals surface area contributed by atoms with E-state index in [0.717, 1.165) is 6.42 Å². The maximum Gasteiger partial charge on any atom is 0.175 e. The number of carbonyl (C=O) groups is 1. The zero-order valence-electron chi connectivity index (χ0n) is 7.23. The summed E-state index contributed by atoms with van der Waals surface area (Å²) in [5, 5.41) is 0.778. The van der Waals surface area contributed by atoms with Gasteiger partial charge >= 0.3 is 0 Å². The third-order valence-electron chi connectivity index (χ3n) is 2.31. The monoisotopic (exact) mass is 206 g/mol. The Kier molecular flexibility index (Phi) is 3.19. The molecule has 1 atom stereocenters. The maximum absolute atomic E-state index is 11.2. The fourth-order valence-electron chi connectivity index (χ4n) is 1.34. The number of Topliss-reactive ketones (excluding diaryl/α,β-unsaturated/α-hetero) is 1. The molecular formula is C9H12Cl2O. The van der Waals surface area contributed by atoms with Gasteiger partial charge in [0.1, 0.15) is 0 Å². The molecule has 1 unspecified atom stereocenters. The second-order valence-corrected chi connectivity index (χ2v) is 4.39. The molecule has 1 aliphatic rings. The Morgan fingerprint density at radius 1 is 1.33 bits per heavy atom. The van der Waals surface area contributed by atoms with Crippen LogP contribution in [0.15, 0.2) is 10.1 Å². The van der Waals surface area contributed by atoms with E-state index in [-0.39, 0.29) is 10.8 Å². The Balaban J connectivity index is 2.78. The third kappa shape index (κ3) is 2.02. The zero-order valence-corrected chi connectivity index (χ0v) is 8.74. The van der Waals surface area contributed by atoms with E-state index in [4.69, 9.17) is 23.2 Å². The number of rotatable bonds is 1. The maximum atomic E-state index is 11.2. The van der Waals surface area contributed by atoms with Crippen molar-refractivity contribution in [2.45, 2.75) is 26.7 Å². The number of ketones is 1. The van der Waals surface area contributed by atoms with E-state index >= 15 is 0 Å². The summed E-state index contributed by atoms with van der Waals surface area (Å²) < 4.78 is 0. The molecule has 1 nitrogen and oxygen atoms in total. The molecule has 0 aromatic carbocycles. The normalized spacial score (nSPS) is 25.4. The average molecular weight is 207 g/mol. The van der Waals surface area contributed by atoms with Crippen molar-refractivity contribution in [1.29, 1.82) is 0 Å². The first-order valence-corrected chi connectivity index (χ1v) is 4.85. The minimum atomic E-state index is -0.00776. The molecule has 0 bridgehead atoms. The molecule has 0 aromatic heterocycles. The van der Waals surface area contributed by atoms with Crippen LogP contribution in [0.25, 0.3) is 0 Å². The van der Waals surface area contributed by atoms with Crippen molar-refractivity contribution in [3.63, 3.8) is 0 Å². The molecule has 1 aliphatic carbocycles. The van der Waals surface area contributed by atoms with Crippen LogP contribution in [0.4, 0.5) is 0 Å². The molecule has 0 spiro atoms. The highest BCUT2D eigenvalue weighted by atomic mass is 35.5. The fourth-order valence-corrected chi connectivity index (χ4v) is 1.80. The summed E-state index contributed by atoms with van der Waals surface area (Å²) >= 11 is 11.5. The second kappa shape index (κ2) is 3.80. The first-order valence-electron chi connectivity index (χ1n) is 4.09. The largest absolute Gasteiger partial charge is 0.293 e. The van der Waals surface area contributed by atoms with Crippen molar-refractivity contribution in [2.75, 3.05) is 0 Å². The molecule has 3 heteroatoms. The molecule has 0 aromatic rings. The standard InChI is InChI=1S/C9H12Cl2O/c1-5(2)6-3-7(10)9(11)8(12)4-6/h5-6H,3-4H2,1-2H3. The lowest BCUT2D eigenvalue weighted by Gasteiger charge is -2.23. The van der Waals surface area contributed by atoms with E-state index in [1.54, 1.807) is 0 Å². The van der Waals surface area contributed by atoms with Gasteiger partial charge in [0.05, 0.1) is 5.03 Å². The van der Waals surface area contributed by atoms with Gasteiger partial charge < -0.3 is 0 Å². The Morgan fingerprint density at radius 2 is 1.92 bits per heavy atom. The minimum absolute atomic E-state index is 0.00776. The van der Waals surface area contributed by atoms with E-state index in [2.05, 4.69) is 13.8 Å². The summed E-state index contributed by atoms with van der Waals surface area (Å²) in [6.45, 7) is 4.20. The second-order valence-electron chi connectivity index (χ2n) is 3.55. The van der Waals surface area contributed by atoms with Gasteiger partial charge in [0.25, 0.3) is 0 Å². The van der Waals surface area contributed by atoms with Crippen LogP contribution in [0.2, 0.25) is 0 Å². The summed E-state index contributed by atoms with van der Waals surface area (Å²) in [6, 6.07) is 0. The van der Waals surface area contributed by atoms with E-state index in [9.17, 15) is 4.79 Å². The Hall–Kier alpha value is -0.0100. The quantitative estimate of drug-likeness (QED) is 0.644. The summed E-state index contributed by atoms with van der Waals surface area (Å²) in [4.78, 5) is 11.2. The van der Waals surface area contributed by atoms with Crippen LogP contribution in [-0.2, 0) is 4.79 Å². The summed E-state index contributed by atoms with van der Waals surface area (Å²) in [7, 11) is 0. The van der Waals surface area contributed by atoms with Crippen molar-refractivity contribution in [3.8, 4) is 0 Å². The van der Waals surface area contributed by atoms with Crippen LogP contribution < -0.4 is 0 Å². The van der Waals surface area contributed by atoms with Gasteiger partial charge in [0.15, 0.2) is 5.78 Å². The van der Waals surface area contributed by atoms with Gasteiger partial charge in [-0.05, 0) is 18.3 Å². The van der Waals surface area contributed by atoms with Gasteiger partial charge in [-0.2, -0.15) is 0 Å². The lowest BCUT2D eigenvalue weighted by molar-refractivity contribution is -0.116. The molecule has 0 radical (unpaired) electrons. The van der Waals surface area contributed by atoms with E-state index < -0.39 is 0 Å². The van der Waals surface area contributed by atoms with Crippen molar-refractivity contribution in [2.24, 2.45) is 11.8 Å². The average Bonchev–Trinajstić information content (AvgIpc) is 1.99. The Morgan fingerprint density at radius 3 is 2.33 bits per heavy atom. The molecule has 0 N–H and O–H groups in total. The number of hydrogen-bond donors (Lipinski definition) is 0. The number of hydrogen-bond acceptors (Lipinski definition) is 1. The fraction of sp³-hybridized carbons (Fsp3) is 0.667. The van der Waals surface area contributed by atoms with Gasteiger partial charge in [0, 0.05) is 11.5 Å². The molecule has 0 amide bonds. The third-order valence-corrected chi connectivity index (χ3v) is 3.19.